The lowest BCUT2D eigenvalue weighted by atomic mass is 9.85. The highest BCUT2D eigenvalue weighted by molar-refractivity contribution is 5.65. The molecule has 0 saturated carbocycles. The van der Waals surface area contributed by atoms with E-state index in [1.165, 1.54) is 5.56 Å². The Morgan fingerprint density at radius 1 is 0.792 bits per heavy atom. The summed E-state index contributed by atoms with van der Waals surface area (Å²) in [6.07, 6.45) is 0.913. The second-order valence-electron chi connectivity index (χ2n) is 6.08. The number of phenols is 2. The minimum absolute atomic E-state index is 0.229. The van der Waals surface area contributed by atoms with Gasteiger partial charge in [-0.05, 0) is 41.3 Å². The van der Waals surface area contributed by atoms with E-state index in [1.54, 1.807) is 24.3 Å². The molecule has 1 aliphatic rings. The molecule has 0 amide bonds. The standard InChI is InChI=1S/C21H18O3/c22-17-6-4-14(5-7-17)15-2-1-3-16(12-15)19-10-11-24-21-13-18(23)8-9-20(19)21/h1-9,12-13,19,22-23H,10-11H2. The third-order valence-corrected chi connectivity index (χ3v) is 4.53. The molecule has 120 valence electrons. The van der Waals surface area contributed by atoms with E-state index >= 15 is 0 Å². The number of benzene rings is 3. The van der Waals surface area contributed by atoms with Gasteiger partial charge in [0, 0.05) is 17.5 Å². The van der Waals surface area contributed by atoms with Crippen LogP contribution in [0.1, 0.15) is 23.5 Å². The van der Waals surface area contributed by atoms with Crippen LogP contribution in [0.3, 0.4) is 0 Å². The second-order valence-corrected chi connectivity index (χ2v) is 6.08. The van der Waals surface area contributed by atoms with E-state index in [0.29, 0.717) is 6.61 Å². The average molecular weight is 318 g/mol. The first-order valence-electron chi connectivity index (χ1n) is 8.06. The number of hydrogen-bond acceptors (Lipinski definition) is 3. The van der Waals surface area contributed by atoms with E-state index < -0.39 is 0 Å². The number of ether oxygens (including phenoxy) is 1. The lowest BCUT2D eigenvalue weighted by Crippen LogP contribution is -2.15. The molecule has 3 heteroatoms. The van der Waals surface area contributed by atoms with Crippen molar-refractivity contribution in [3.8, 4) is 28.4 Å². The van der Waals surface area contributed by atoms with Crippen molar-refractivity contribution in [1.82, 2.24) is 0 Å². The Balaban J connectivity index is 1.73. The summed E-state index contributed by atoms with van der Waals surface area (Å²) >= 11 is 0. The zero-order valence-corrected chi connectivity index (χ0v) is 13.1. The first-order chi connectivity index (χ1) is 11.7. The average Bonchev–Trinajstić information content (AvgIpc) is 2.61. The maximum absolute atomic E-state index is 9.66. The highest BCUT2D eigenvalue weighted by atomic mass is 16.5. The minimum atomic E-state index is 0.229. The molecule has 0 saturated heterocycles. The first-order valence-corrected chi connectivity index (χ1v) is 8.06. The van der Waals surface area contributed by atoms with Gasteiger partial charge in [-0.25, -0.2) is 0 Å². The van der Waals surface area contributed by atoms with E-state index in [-0.39, 0.29) is 17.4 Å². The summed E-state index contributed by atoms with van der Waals surface area (Å²) in [5.41, 5.74) is 4.55. The summed E-state index contributed by atoms with van der Waals surface area (Å²) in [5.74, 6) is 1.52. The molecule has 0 bridgehead atoms. The van der Waals surface area contributed by atoms with Gasteiger partial charge in [0.1, 0.15) is 17.2 Å². The van der Waals surface area contributed by atoms with Crippen LogP contribution in [0.5, 0.6) is 17.2 Å². The van der Waals surface area contributed by atoms with Gasteiger partial charge in [0.05, 0.1) is 6.61 Å². The molecule has 3 nitrogen and oxygen atoms in total. The second kappa shape index (κ2) is 5.93. The Bertz CT molecular complexity index is 869. The molecule has 0 radical (unpaired) electrons. The SMILES string of the molecule is Oc1ccc(-c2cccc(C3CCOc4cc(O)ccc43)c2)cc1. The van der Waals surface area contributed by atoms with Gasteiger partial charge in [0.2, 0.25) is 0 Å². The van der Waals surface area contributed by atoms with Gasteiger partial charge in [-0.15, -0.1) is 0 Å². The third-order valence-electron chi connectivity index (χ3n) is 4.53. The van der Waals surface area contributed by atoms with Gasteiger partial charge in [-0.3, -0.25) is 0 Å². The topological polar surface area (TPSA) is 49.7 Å². The number of hydrogen-bond donors (Lipinski definition) is 2. The summed E-state index contributed by atoms with van der Waals surface area (Å²) in [4.78, 5) is 0. The van der Waals surface area contributed by atoms with Crippen LogP contribution in [0.2, 0.25) is 0 Å². The first kappa shape index (κ1) is 14.6. The predicted octanol–water partition coefficient (Wildman–Crippen LogP) is 4.68. The molecule has 0 fully saturated rings. The molecule has 24 heavy (non-hydrogen) atoms. The molecule has 3 aromatic rings. The molecule has 0 spiro atoms. The van der Waals surface area contributed by atoms with Crippen LogP contribution in [-0.2, 0) is 0 Å². The van der Waals surface area contributed by atoms with Crippen molar-refractivity contribution in [3.63, 3.8) is 0 Å². The van der Waals surface area contributed by atoms with Gasteiger partial charge < -0.3 is 14.9 Å². The van der Waals surface area contributed by atoms with Gasteiger partial charge >= 0.3 is 0 Å². The monoisotopic (exact) mass is 318 g/mol. The summed E-state index contributed by atoms with van der Waals surface area (Å²) in [6, 6.07) is 21.1. The molecule has 3 aromatic carbocycles. The van der Waals surface area contributed by atoms with Crippen molar-refractivity contribution in [3.05, 3.63) is 77.9 Å². The zero-order chi connectivity index (χ0) is 16.5. The smallest absolute Gasteiger partial charge is 0.126 e. The maximum atomic E-state index is 9.66. The van der Waals surface area contributed by atoms with Crippen molar-refractivity contribution in [2.75, 3.05) is 6.61 Å². The summed E-state index contributed by atoms with van der Waals surface area (Å²) in [5, 5.41) is 19.1. The van der Waals surface area contributed by atoms with E-state index in [0.717, 1.165) is 28.9 Å². The van der Waals surface area contributed by atoms with E-state index in [9.17, 15) is 10.2 Å². The highest BCUT2D eigenvalue weighted by Crippen LogP contribution is 2.40. The Hall–Kier alpha value is -2.94. The normalized spacial score (nSPS) is 16.2. The quantitative estimate of drug-likeness (QED) is 0.721. The van der Waals surface area contributed by atoms with Crippen LogP contribution >= 0.6 is 0 Å². The van der Waals surface area contributed by atoms with Gasteiger partial charge in [0.25, 0.3) is 0 Å². The number of aromatic hydroxyl groups is 2. The zero-order valence-electron chi connectivity index (χ0n) is 13.1. The van der Waals surface area contributed by atoms with Crippen LogP contribution in [0.15, 0.2) is 66.7 Å². The lowest BCUT2D eigenvalue weighted by Gasteiger charge is -2.26. The molecule has 1 unspecified atom stereocenters. The van der Waals surface area contributed by atoms with Crippen molar-refractivity contribution in [2.45, 2.75) is 12.3 Å². The molecule has 1 atom stereocenters. The van der Waals surface area contributed by atoms with E-state index in [1.807, 2.05) is 18.2 Å². The van der Waals surface area contributed by atoms with Gasteiger partial charge in [0.15, 0.2) is 0 Å². The molecule has 1 aliphatic heterocycles. The van der Waals surface area contributed by atoms with Crippen LogP contribution in [0.25, 0.3) is 11.1 Å². The van der Waals surface area contributed by atoms with Gasteiger partial charge in [-0.1, -0.05) is 42.5 Å². The molecule has 0 aromatic heterocycles. The number of fused-ring (bicyclic) bond motifs is 1. The Kier molecular flexibility index (Phi) is 3.62. The Labute approximate surface area is 140 Å². The predicted molar refractivity (Wildman–Crippen MR) is 93.6 cm³/mol. The number of rotatable bonds is 2. The van der Waals surface area contributed by atoms with E-state index in [4.69, 9.17) is 4.74 Å². The van der Waals surface area contributed by atoms with Crippen LogP contribution in [0, 0.1) is 0 Å². The molecule has 2 N–H and O–H groups in total. The molecule has 0 aliphatic carbocycles. The highest BCUT2D eigenvalue weighted by Gasteiger charge is 2.23. The van der Waals surface area contributed by atoms with Crippen molar-refractivity contribution in [1.29, 1.82) is 0 Å². The molecular weight excluding hydrogens is 300 g/mol. The number of phenolic OH excluding ortho intramolecular Hbond substituents is 2. The van der Waals surface area contributed by atoms with Crippen LogP contribution in [-0.4, -0.2) is 16.8 Å². The van der Waals surface area contributed by atoms with Crippen LogP contribution < -0.4 is 4.74 Å². The van der Waals surface area contributed by atoms with E-state index in [2.05, 4.69) is 24.3 Å². The molecular formula is C21H18O3. The van der Waals surface area contributed by atoms with Crippen LogP contribution in [0.4, 0.5) is 0 Å². The lowest BCUT2D eigenvalue weighted by molar-refractivity contribution is 0.275. The Morgan fingerprint density at radius 2 is 1.58 bits per heavy atom. The maximum Gasteiger partial charge on any atom is 0.126 e. The fourth-order valence-electron chi connectivity index (χ4n) is 3.31. The fourth-order valence-corrected chi connectivity index (χ4v) is 3.31. The summed E-state index contributed by atoms with van der Waals surface area (Å²) < 4.78 is 5.70. The summed E-state index contributed by atoms with van der Waals surface area (Å²) in [7, 11) is 0. The Morgan fingerprint density at radius 3 is 2.42 bits per heavy atom. The van der Waals surface area contributed by atoms with Crippen molar-refractivity contribution >= 4 is 0 Å². The minimum Gasteiger partial charge on any atom is -0.508 e. The fraction of sp³-hybridized carbons (Fsp3) is 0.143. The molecule has 4 rings (SSSR count). The summed E-state index contributed by atoms with van der Waals surface area (Å²) in [6.45, 7) is 0.643. The molecule has 1 heterocycles. The largest absolute Gasteiger partial charge is 0.508 e. The van der Waals surface area contributed by atoms with Gasteiger partial charge in [-0.2, -0.15) is 0 Å². The third kappa shape index (κ3) is 2.69. The van der Waals surface area contributed by atoms with Crippen molar-refractivity contribution in [2.24, 2.45) is 0 Å². The van der Waals surface area contributed by atoms with Crippen molar-refractivity contribution < 1.29 is 14.9 Å².